The van der Waals surface area contributed by atoms with Crippen LogP contribution in [0.4, 0.5) is 17.2 Å². The summed E-state index contributed by atoms with van der Waals surface area (Å²) in [7, 11) is 0. The maximum atomic E-state index is 12.0. The van der Waals surface area contributed by atoms with Gasteiger partial charge in [-0.05, 0) is 55.0 Å². The van der Waals surface area contributed by atoms with E-state index in [1.54, 1.807) is 31.2 Å². The molecule has 0 aliphatic rings. The first-order valence-electron chi connectivity index (χ1n) is 13.0. The summed E-state index contributed by atoms with van der Waals surface area (Å²) < 4.78 is 0. The molecule has 0 fully saturated rings. The molecule has 1 heterocycles. The molecular weight excluding hydrogens is 584 g/mol. The maximum Gasteiger partial charge on any atom is 0.341 e. The highest BCUT2D eigenvalue weighted by molar-refractivity contribution is 6.09. The Morgan fingerprint density at radius 1 is 0.711 bits per heavy atom. The number of nitro benzene ring substituents is 1. The predicted octanol–water partition coefficient (Wildman–Crippen LogP) is 6.07. The number of aromatic carboxylic acids is 3. The number of nitro groups is 1. The lowest BCUT2D eigenvalue weighted by Crippen LogP contribution is -2.02. The molecule has 13 heteroatoms. The van der Waals surface area contributed by atoms with Crippen LogP contribution in [0.2, 0.25) is 0 Å². The number of anilines is 2. The van der Waals surface area contributed by atoms with E-state index in [4.69, 9.17) is 15.3 Å². The number of carboxylic acid groups (broad SMARTS) is 3. The number of carbonyl (C=O) groups is 4. The van der Waals surface area contributed by atoms with Crippen LogP contribution in [0.25, 0.3) is 0 Å². The van der Waals surface area contributed by atoms with Gasteiger partial charge < -0.3 is 20.6 Å². The van der Waals surface area contributed by atoms with Gasteiger partial charge in [-0.3, -0.25) is 20.0 Å². The van der Waals surface area contributed by atoms with Crippen molar-refractivity contribution in [2.45, 2.75) is 6.92 Å². The van der Waals surface area contributed by atoms with E-state index in [0.29, 0.717) is 22.5 Å². The van der Waals surface area contributed by atoms with Crippen LogP contribution >= 0.6 is 0 Å². The van der Waals surface area contributed by atoms with E-state index in [1.807, 2.05) is 36.4 Å². The molecule has 13 nitrogen and oxygen atoms in total. The number of aromatic amines is 1. The lowest BCUT2D eigenvalue weighted by Gasteiger charge is -2.03. The first-order chi connectivity index (χ1) is 21.5. The molecule has 0 saturated heterocycles. The van der Waals surface area contributed by atoms with Crippen molar-refractivity contribution in [1.29, 1.82) is 0 Å². The number of para-hydroxylation sites is 1. The maximum absolute atomic E-state index is 12.0. The van der Waals surface area contributed by atoms with Crippen molar-refractivity contribution in [2.75, 3.05) is 5.32 Å². The molecule has 0 saturated carbocycles. The smallest absolute Gasteiger partial charge is 0.341 e. The largest absolute Gasteiger partial charge is 0.478 e. The number of nitrogens with one attached hydrogen (secondary N) is 2. The SMILES string of the molecule is Cc1cc(C(=O)O)cc(C(=O)O)c1.O=C(O)c1cn[nH]c1Nc1ccccc1.O=C(c1ccccc1)c1ccc([N+](=O)[O-])cc1. The molecule has 0 radical (unpaired) electrons. The van der Waals surface area contributed by atoms with E-state index >= 15 is 0 Å². The van der Waals surface area contributed by atoms with Crippen molar-refractivity contribution in [3.05, 3.63) is 153 Å². The summed E-state index contributed by atoms with van der Waals surface area (Å²) >= 11 is 0. The number of hydrogen-bond donors (Lipinski definition) is 5. The Kier molecular flexibility index (Phi) is 11.4. The summed E-state index contributed by atoms with van der Waals surface area (Å²) in [5.74, 6) is -3.01. The van der Waals surface area contributed by atoms with Crippen LogP contribution in [-0.2, 0) is 0 Å². The second-order valence-corrected chi connectivity index (χ2v) is 9.15. The number of carbonyl (C=O) groups excluding carboxylic acids is 1. The van der Waals surface area contributed by atoms with Gasteiger partial charge in [-0.25, -0.2) is 14.4 Å². The standard InChI is InChI=1S/C13H9NO3.C10H9N3O2.C9H8O4/c15-13(10-4-2-1-3-5-10)11-6-8-12(9-7-11)14(16)17;14-10(15)8-6-11-13-9(8)12-7-4-2-1-3-5-7;1-5-2-6(8(10)11)4-7(3-5)9(12)13/h1-9H;1-6H,(H,14,15)(H2,11,12,13);2-4H,1H3,(H,10,11)(H,12,13). The summed E-state index contributed by atoms with van der Waals surface area (Å²) in [6.07, 6.45) is 1.27. The van der Waals surface area contributed by atoms with E-state index in [2.05, 4.69) is 15.5 Å². The highest BCUT2D eigenvalue weighted by Crippen LogP contribution is 2.18. The summed E-state index contributed by atoms with van der Waals surface area (Å²) in [5, 5.41) is 45.8. The Morgan fingerprint density at radius 3 is 1.71 bits per heavy atom. The molecule has 0 aliphatic carbocycles. The van der Waals surface area contributed by atoms with E-state index < -0.39 is 22.8 Å². The fourth-order valence-corrected chi connectivity index (χ4v) is 3.73. The number of H-pyrrole nitrogens is 1. The van der Waals surface area contributed by atoms with Crippen molar-refractivity contribution in [1.82, 2.24) is 10.2 Å². The Hall–Kier alpha value is -6.63. The van der Waals surface area contributed by atoms with Gasteiger partial charge in [-0.15, -0.1) is 0 Å². The van der Waals surface area contributed by atoms with E-state index in [0.717, 1.165) is 11.8 Å². The molecule has 4 aromatic carbocycles. The minimum Gasteiger partial charge on any atom is -0.478 e. The van der Waals surface area contributed by atoms with Crippen molar-refractivity contribution < 1.29 is 39.4 Å². The van der Waals surface area contributed by atoms with Gasteiger partial charge in [0.25, 0.3) is 5.69 Å². The quantitative estimate of drug-likeness (QED) is 0.0772. The number of nitrogens with zero attached hydrogens (tertiary/aromatic N) is 2. The molecule has 0 unspecified atom stereocenters. The molecule has 0 bridgehead atoms. The van der Waals surface area contributed by atoms with E-state index in [-0.39, 0.29) is 28.2 Å². The number of aromatic nitrogens is 2. The second-order valence-electron chi connectivity index (χ2n) is 9.15. The lowest BCUT2D eigenvalue weighted by molar-refractivity contribution is -0.384. The minimum absolute atomic E-state index is 0.00241. The summed E-state index contributed by atoms with van der Waals surface area (Å²) in [6.45, 7) is 1.65. The molecule has 45 heavy (non-hydrogen) atoms. The first kappa shape index (κ1) is 32.9. The summed E-state index contributed by atoms with van der Waals surface area (Å²) in [5.41, 5.74) is 2.55. The number of ketones is 1. The number of rotatable bonds is 8. The topological polar surface area (TPSA) is 213 Å². The average Bonchev–Trinajstić information content (AvgIpc) is 3.50. The van der Waals surface area contributed by atoms with Crippen molar-refractivity contribution in [2.24, 2.45) is 0 Å². The van der Waals surface area contributed by atoms with E-state index in [1.165, 1.54) is 42.6 Å². The van der Waals surface area contributed by atoms with Crippen LogP contribution in [0, 0.1) is 17.0 Å². The fourth-order valence-electron chi connectivity index (χ4n) is 3.73. The van der Waals surface area contributed by atoms with Crippen LogP contribution in [0.1, 0.15) is 52.6 Å². The van der Waals surface area contributed by atoms with Crippen molar-refractivity contribution >= 4 is 40.9 Å². The van der Waals surface area contributed by atoms with Gasteiger partial charge in [-0.2, -0.15) is 5.10 Å². The molecule has 5 rings (SSSR count). The van der Waals surface area contributed by atoms with Gasteiger partial charge in [0.15, 0.2) is 5.78 Å². The zero-order valence-corrected chi connectivity index (χ0v) is 23.6. The molecule has 0 aliphatic heterocycles. The highest BCUT2D eigenvalue weighted by Gasteiger charge is 2.13. The third kappa shape index (κ3) is 9.72. The van der Waals surface area contributed by atoms with Gasteiger partial charge in [0.1, 0.15) is 11.4 Å². The van der Waals surface area contributed by atoms with Crippen LogP contribution in [0.15, 0.2) is 109 Å². The second kappa shape index (κ2) is 15.6. The molecule has 0 spiro atoms. The Labute approximate surface area is 255 Å². The monoisotopic (exact) mass is 610 g/mol. The van der Waals surface area contributed by atoms with Gasteiger partial charge >= 0.3 is 17.9 Å². The number of carboxylic acids is 3. The van der Waals surface area contributed by atoms with Crippen molar-refractivity contribution in [3.63, 3.8) is 0 Å². The number of aryl methyl sites for hydroxylation is 1. The predicted molar refractivity (Wildman–Crippen MR) is 163 cm³/mol. The normalized spacial score (nSPS) is 9.80. The van der Waals surface area contributed by atoms with Crippen LogP contribution < -0.4 is 5.32 Å². The van der Waals surface area contributed by atoms with Crippen LogP contribution in [0.5, 0.6) is 0 Å². The molecule has 5 N–H and O–H groups in total. The lowest BCUT2D eigenvalue weighted by atomic mass is 10.0. The minimum atomic E-state index is -1.12. The van der Waals surface area contributed by atoms with Gasteiger partial charge in [0.2, 0.25) is 0 Å². The molecule has 0 amide bonds. The third-order valence-corrected chi connectivity index (χ3v) is 5.86. The summed E-state index contributed by atoms with van der Waals surface area (Å²) in [6, 6.07) is 27.7. The molecular formula is C32H26N4O9. The molecule has 228 valence electrons. The van der Waals surface area contributed by atoms with Crippen LogP contribution in [0.3, 0.4) is 0 Å². The zero-order valence-electron chi connectivity index (χ0n) is 23.6. The fraction of sp³-hybridized carbons (Fsp3) is 0.0312. The molecule has 5 aromatic rings. The average molecular weight is 611 g/mol. The van der Waals surface area contributed by atoms with Gasteiger partial charge in [0, 0.05) is 28.9 Å². The molecule has 1 aromatic heterocycles. The van der Waals surface area contributed by atoms with Crippen LogP contribution in [-0.4, -0.2) is 54.1 Å². The highest BCUT2D eigenvalue weighted by atomic mass is 16.6. The third-order valence-electron chi connectivity index (χ3n) is 5.86. The Balaban J connectivity index is 0.000000186. The Morgan fingerprint density at radius 2 is 1.22 bits per heavy atom. The van der Waals surface area contributed by atoms with Gasteiger partial charge in [-0.1, -0.05) is 48.5 Å². The van der Waals surface area contributed by atoms with Crippen molar-refractivity contribution in [3.8, 4) is 0 Å². The van der Waals surface area contributed by atoms with Gasteiger partial charge in [0.05, 0.1) is 22.2 Å². The number of benzene rings is 4. The molecule has 0 atom stereocenters. The van der Waals surface area contributed by atoms with E-state index in [9.17, 15) is 29.3 Å². The zero-order chi connectivity index (χ0) is 32.9. The number of hydrogen-bond acceptors (Lipinski definition) is 8. The number of non-ortho nitro benzene ring substituents is 1. The Bertz CT molecular complexity index is 1770. The summed E-state index contributed by atoms with van der Waals surface area (Å²) in [4.78, 5) is 53.8. The first-order valence-corrected chi connectivity index (χ1v) is 13.0.